The van der Waals surface area contributed by atoms with Crippen molar-refractivity contribution < 1.29 is 13.2 Å². The number of hydrogen-bond donors (Lipinski definition) is 0. The molecule has 0 aliphatic heterocycles. The normalized spacial score (nSPS) is 12.0. The van der Waals surface area contributed by atoms with E-state index in [1.807, 2.05) is 0 Å². The zero-order valence-corrected chi connectivity index (χ0v) is 8.68. The highest BCUT2D eigenvalue weighted by atomic mass is 35.5. The Morgan fingerprint density at radius 1 is 1.19 bits per heavy atom. The fourth-order valence-electron chi connectivity index (χ4n) is 1.48. The summed E-state index contributed by atoms with van der Waals surface area (Å²) in [5.41, 5.74) is 0.356. The number of fused-ring (bicyclic) bond motifs is 1. The quantitative estimate of drug-likeness (QED) is 0.721. The summed E-state index contributed by atoms with van der Waals surface area (Å²) in [4.78, 5) is 7.55. The lowest BCUT2D eigenvalue weighted by Crippen LogP contribution is -2.12. The van der Waals surface area contributed by atoms with Crippen molar-refractivity contribution in [1.29, 1.82) is 0 Å². The van der Waals surface area contributed by atoms with E-state index in [-0.39, 0.29) is 16.2 Å². The second kappa shape index (κ2) is 3.90. The average molecular weight is 247 g/mol. The summed E-state index contributed by atoms with van der Waals surface area (Å²) in [6, 6.07) is 4.50. The number of hydrogen-bond acceptors (Lipinski definition) is 2. The van der Waals surface area contributed by atoms with E-state index < -0.39 is 12.6 Å². The second-order valence-corrected chi connectivity index (χ2v) is 3.63. The van der Waals surface area contributed by atoms with Gasteiger partial charge in [-0.1, -0.05) is 23.7 Å². The lowest BCUT2D eigenvalue weighted by molar-refractivity contribution is -0.127. The first kappa shape index (κ1) is 11.1. The topological polar surface area (TPSA) is 25.8 Å². The van der Waals surface area contributed by atoms with Crippen LogP contribution in [0.5, 0.6) is 0 Å². The van der Waals surface area contributed by atoms with Crippen LogP contribution in [0.25, 0.3) is 10.9 Å². The van der Waals surface area contributed by atoms with Gasteiger partial charge in [-0.2, -0.15) is 13.2 Å². The molecule has 0 atom stereocenters. The standard InChI is InChI=1S/C10H6ClF3N2/c11-9-7-3-1-2-6(4-10(12,13)14)8(7)15-5-16-9/h1-3,5H,4H2. The molecule has 0 unspecified atom stereocenters. The van der Waals surface area contributed by atoms with Crippen molar-refractivity contribution in [3.05, 3.63) is 35.2 Å². The van der Waals surface area contributed by atoms with Gasteiger partial charge in [0.2, 0.25) is 0 Å². The van der Waals surface area contributed by atoms with Crippen LogP contribution >= 0.6 is 11.6 Å². The predicted molar refractivity (Wildman–Crippen MR) is 54.3 cm³/mol. The van der Waals surface area contributed by atoms with Gasteiger partial charge in [0.1, 0.15) is 11.5 Å². The Kier molecular flexibility index (Phi) is 2.71. The van der Waals surface area contributed by atoms with Crippen LogP contribution in [0, 0.1) is 0 Å². The van der Waals surface area contributed by atoms with Crippen molar-refractivity contribution in [2.75, 3.05) is 0 Å². The van der Waals surface area contributed by atoms with E-state index in [1.54, 1.807) is 6.07 Å². The van der Waals surface area contributed by atoms with Crippen molar-refractivity contribution in [2.24, 2.45) is 0 Å². The molecule has 16 heavy (non-hydrogen) atoms. The molecule has 0 bridgehead atoms. The third-order valence-electron chi connectivity index (χ3n) is 2.09. The van der Waals surface area contributed by atoms with Crippen LogP contribution in [0.4, 0.5) is 13.2 Å². The molecule has 0 radical (unpaired) electrons. The Morgan fingerprint density at radius 2 is 1.94 bits per heavy atom. The summed E-state index contributed by atoms with van der Waals surface area (Å²) >= 11 is 5.77. The maximum atomic E-state index is 12.3. The molecule has 0 saturated carbocycles. The molecule has 2 rings (SSSR count). The lowest BCUT2D eigenvalue weighted by Gasteiger charge is -2.08. The minimum atomic E-state index is -4.26. The van der Waals surface area contributed by atoms with Gasteiger partial charge in [0.15, 0.2) is 0 Å². The van der Waals surface area contributed by atoms with E-state index in [1.165, 1.54) is 12.1 Å². The van der Waals surface area contributed by atoms with Gasteiger partial charge in [-0.25, -0.2) is 9.97 Å². The van der Waals surface area contributed by atoms with Crippen LogP contribution in [0.2, 0.25) is 5.15 Å². The number of alkyl halides is 3. The number of para-hydroxylation sites is 1. The van der Waals surface area contributed by atoms with Crippen molar-refractivity contribution in [3.8, 4) is 0 Å². The van der Waals surface area contributed by atoms with Crippen LogP contribution in [-0.2, 0) is 6.42 Å². The van der Waals surface area contributed by atoms with Gasteiger partial charge in [-0.05, 0) is 11.6 Å². The minimum absolute atomic E-state index is 0.106. The van der Waals surface area contributed by atoms with E-state index >= 15 is 0 Å². The molecule has 1 aromatic heterocycles. The van der Waals surface area contributed by atoms with Gasteiger partial charge in [0.25, 0.3) is 0 Å². The average Bonchev–Trinajstić information content (AvgIpc) is 2.17. The zero-order valence-electron chi connectivity index (χ0n) is 7.92. The molecule has 2 aromatic rings. The Balaban J connectivity index is 2.58. The SMILES string of the molecule is FC(F)(F)Cc1cccc2c(Cl)ncnc12. The predicted octanol–water partition coefficient (Wildman–Crippen LogP) is 3.39. The van der Waals surface area contributed by atoms with Crippen LogP contribution in [0.3, 0.4) is 0 Å². The molecule has 0 spiro atoms. The third kappa shape index (κ3) is 2.24. The number of halogens is 4. The molecular weight excluding hydrogens is 241 g/mol. The monoisotopic (exact) mass is 246 g/mol. The second-order valence-electron chi connectivity index (χ2n) is 3.27. The van der Waals surface area contributed by atoms with Crippen molar-refractivity contribution in [2.45, 2.75) is 12.6 Å². The molecule has 6 heteroatoms. The molecule has 0 aliphatic carbocycles. The van der Waals surface area contributed by atoms with Gasteiger partial charge in [0, 0.05) is 5.39 Å². The Labute approximate surface area is 94.1 Å². The minimum Gasteiger partial charge on any atom is -0.236 e. The summed E-state index contributed by atoms with van der Waals surface area (Å²) in [7, 11) is 0. The van der Waals surface area contributed by atoms with E-state index in [0.717, 1.165) is 6.33 Å². The number of nitrogens with zero attached hydrogens (tertiary/aromatic N) is 2. The molecule has 0 amide bonds. The molecule has 0 saturated heterocycles. The highest BCUT2D eigenvalue weighted by molar-refractivity contribution is 6.34. The molecule has 0 aliphatic rings. The van der Waals surface area contributed by atoms with Crippen LogP contribution in [0.15, 0.2) is 24.5 Å². The summed E-state index contributed by atoms with van der Waals surface area (Å²) in [6.45, 7) is 0. The van der Waals surface area contributed by atoms with Crippen LogP contribution < -0.4 is 0 Å². The Bertz CT molecular complexity index is 525. The largest absolute Gasteiger partial charge is 0.393 e. The number of benzene rings is 1. The fourth-order valence-corrected chi connectivity index (χ4v) is 1.67. The van der Waals surface area contributed by atoms with Crippen molar-refractivity contribution in [3.63, 3.8) is 0 Å². The maximum absolute atomic E-state index is 12.3. The summed E-state index contributed by atoms with van der Waals surface area (Å²) in [5, 5.41) is 0.597. The number of aromatic nitrogens is 2. The molecular formula is C10H6ClF3N2. The van der Waals surface area contributed by atoms with Crippen molar-refractivity contribution >= 4 is 22.5 Å². The molecule has 0 N–H and O–H groups in total. The van der Waals surface area contributed by atoms with Gasteiger partial charge < -0.3 is 0 Å². The Hall–Kier alpha value is -1.36. The molecule has 1 aromatic carbocycles. The highest BCUT2D eigenvalue weighted by Crippen LogP contribution is 2.27. The first-order valence-corrected chi connectivity index (χ1v) is 4.80. The molecule has 0 fully saturated rings. The van der Waals surface area contributed by atoms with Gasteiger partial charge >= 0.3 is 6.18 Å². The lowest BCUT2D eigenvalue weighted by atomic mass is 10.1. The summed E-state index contributed by atoms with van der Waals surface area (Å²) < 4.78 is 36.9. The van der Waals surface area contributed by atoms with Crippen LogP contribution in [0.1, 0.15) is 5.56 Å². The van der Waals surface area contributed by atoms with Gasteiger partial charge in [0.05, 0.1) is 11.9 Å². The molecule has 1 heterocycles. The van der Waals surface area contributed by atoms with E-state index in [4.69, 9.17) is 11.6 Å². The molecule has 84 valence electrons. The first-order chi connectivity index (χ1) is 7.47. The third-order valence-corrected chi connectivity index (χ3v) is 2.39. The highest BCUT2D eigenvalue weighted by Gasteiger charge is 2.28. The number of rotatable bonds is 1. The maximum Gasteiger partial charge on any atom is 0.393 e. The Morgan fingerprint density at radius 3 is 2.62 bits per heavy atom. The first-order valence-electron chi connectivity index (χ1n) is 4.42. The summed E-state index contributed by atoms with van der Waals surface area (Å²) in [5.74, 6) is 0. The fraction of sp³-hybridized carbons (Fsp3) is 0.200. The van der Waals surface area contributed by atoms with E-state index in [9.17, 15) is 13.2 Å². The van der Waals surface area contributed by atoms with E-state index in [2.05, 4.69) is 9.97 Å². The summed E-state index contributed by atoms with van der Waals surface area (Å²) in [6.07, 6.45) is -4.12. The van der Waals surface area contributed by atoms with E-state index in [0.29, 0.717) is 5.39 Å². The van der Waals surface area contributed by atoms with Crippen molar-refractivity contribution in [1.82, 2.24) is 9.97 Å². The zero-order chi connectivity index (χ0) is 11.8. The van der Waals surface area contributed by atoms with Gasteiger partial charge in [-0.15, -0.1) is 0 Å². The molecule has 2 nitrogen and oxygen atoms in total. The van der Waals surface area contributed by atoms with Gasteiger partial charge in [-0.3, -0.25) is 0 Å². The smallest absolute Gasteiger partial charge is 0.236 e. The van der Waals surface area contributed by atoms with Crippen LogP contribution in [-0.4, -0.2) is 16.1 Å².